The molecule has 5 heteroatoms. The van der Waals surface area contributed by atoms with Crippen molar-refractivity contribution in [2.45, 2.75) is 20.3 Å². The molecule has 0 atom stereocenters. The minimum absolute atomic E-state index is 0.280. The van der Waals surface area contributed by atoms with Crippen LogP contribution < -0.4 is 15.8 Å². The first-order valence-corrected chi connectivity index (χ1v) is 7.27. The standard InChI is InChI=1S/C17H20N4O/c1-3-22-17-14(11-18)15(19)10-16(21-17)20-9-8-13-6-4-12(2)5-7-13/h4-7,10H,3,8-9H2,1-2H3,(H3,19,20,21). The number of hydrogen-bond donors (Lipinski definition) is 2. The molecule has 0 aliphatic rings. The Hall–Kier alpha value is -2.74. The lowest BCUT2D eigenvalue weighted by atomic mass is 10.1. The molecular weight excluding hydrogens is 276 g/mol. The van der Waals surface area contributed by atoms with Gasteiger partial charge in [-0.2, -0.15) is 10.2 Å². The zero-order chi connectivity index (χ0) is 15.9. The molecule has 3 N–H and O–H groups in total. The van der Waals surface area contributed by atoms with Gasteiger partial charge >= 0.3 is 0 Å². The topological polar surface area (TPSA) is 84.0 Å². The van der Waals surface area contributed by atoms with Gasteiger partial charge in [0.05, 0.1) is 12.3 Å². The highest BCUT2D eigenvalue weighted by Gasteiger charge is 2.11. The lowest BCUT2D eigenvalue weighted by Gasteiger charge is -2.11. The molecule has 1 heterocycles. The zero-order valence-corrected chi connectivity index (χ0v) is 12.9. The number of benzene rings is 1. The molecule has 0 fully saturated rings. The first kappa shape index (κ1) is 15.6. The van der Waals surface area contributed by atoms with Gasteiger partial charge < -0.3 is 15.8 Å². The highest BCUT2D eigenvalue weighted by atomic mass is 16.5. The summed E-state index contributed by atoms with van der Waals surface area (Å²) in [5.41, 5.74) is 9.04. The van der Waals surface area contributed by atoms with Crippen molar-refractivity contribution in [2.24, 2.45) is 0 Å². The summed E-state index contributed by atoms with van der Waals surface area (Å²) in [6, 6.07) is 12.1. The fourth-order valence-corrected chi connectivity index (χ4v) is 2.07. The van der Waals surface area contributed by atoms with Gasteiger partial charge in [-0.15, -0.1) is 0 Å². The summed E-state index contributed by atoms with van der Waals surface area (Å²) in [5, 5.41) is 12.3. The molecule has 0 bridgehead atoms. The molecule has 0 aliphatic heterocycles. The number of pyridine rings is 1. The number of ether oxygens (including phenoxy) is 1. The van der Waals surface area contributed by atoms with Gasteiger partial charge in [0.25, 0.3) is 0 Å². The van der Waals surface area contributed by atoms with Crippen LogP contribution >= 0.6 is 0 Å². The smallest absolute Gasteiger partial charge is 0.235 e. The van der Waals surface area contributed by atoms with E-state index in [1.165, 1.54) is 11.1 Å². The van der Waals surface area contributed by atoms with Crippen molar-refractivity contribution in [3.63, 3.8) is 0 Å². The highest BCUT2D eigenvalue weighted by Crippen LogP contribution is 2.24. The molecule has 1 aromatic heterocycles. The molecular formula is C17H20N4O. The number of nitrogens with two attached hydrogens (primary N) is 1. The molecule has 2 aromatic rings. The van der Waals surface area contributed by atoms with Crippen LogP contribution in [0.2, 0.25) is 0 Å². The number of rotatable bonds is 6. The van der Waals surface area contributed by atoms with Crippen molar-refractivity contribution in [1.82, 2.24) is 4.98 Å². The van der Waals surface area contributed by atoms with E-state index in [-0.39, 0.29) is 11.4 Å². The van der Waals surface area contributed by atoms with Crippen molar-refractivity contribution < 1.29 is 4.74 Å². The largest absolute Gasteiger partial charge is 0.477 e. The van der Waals surface area contributed by atoms with Crippen LogP contribution in [-0.2, 0) is 6.42 Å². The van der Waals surface area contributed by atoms with Gasteiger partial charge in [0.2, 0.25) is 5.88 Å². The molecule has 2 rings (SSSR count). The van der Waals surface area contributed by atoms with E-state index >= 15 is 0 Å². The van der Waals surface area contributed by atoms with E-state index in [0.29, 0.717) is 18.1 Å². The second kappa shape index (κ2) is 7.32. The monoisotopic (exact) mass is 296 g/mol. The van der Waals surface area contributed by atoms with Crippen LogP contribution in [0.15, 0.2) is 30.3 Å². The van der Waals surface area contributed by atoms with Gasteiger partial charge in [-0.1, -0.05) is 29.8 Å². The summed E-state index contributed by atoms with van der Waals surface area (Å²) in [7, 11) is 0. The van der Waals surface area contributed by atoms with E-state index in [9.17, 15) is 0 Å². The van der Waals surface area contributed by atoms with E-state index in [4.69, 9.17) is 15.7 Å². The van der Waals surface area contributed by atoms with Crippen LogP contribution in [0.25, 0.3) is 0 Å². The van der Waals surface area contributed by atoms with Crippen molar-refractivity contribution in [3.05, 3.63) is 47.0 Å². The number of aryl methyl sites for hydroxylation is 1. The number of aromatic nitrogens is 1. The van der Waals surface area contributed by atoms with E-state index < -0.39 is 0 Å². The maximum atomic E-state index is 9.09. The number of anilines is 2. The highest BCUT2D eigenvalue weighted by molar-refractivity contribution is 5.64. The van der Waals surface area contributed by atoms with Crippen LogP contribution in [0.3, 0.4) is 0 Å². The first-order chi connectivity index (χ1) is 10.6. The average molecular weight is 296 g/mol. The van der Waals surface area contributed by atoms with Gasteiger partial charge in [0.15, 0.2) is 0 Å². The predicted octanol–water partition coefficient (Wildman–Crippen LogP) is 2.90. The summed E-state index contributed by atoms with van der Waals surface area (Å²) < 4.78 is 5.37. The molecule has 0 unspecified atom stereocenters. The number of nitrogens with one attached hydrogen (secondary N) is 1. The molecule has 114 valence electrons. The summed E-state index contributed by atoms with van der Waals surface area (Å²) in [6.45, 7) is 5.08. The molecule has 1 aromatic carbocycles. The van der Waals surface area contributed by atoms with Gasteiger partial charge in [-0.25, -0.2) is 0 Å². The number of nitrogens with zero attached hydrogens (tertiary/aromatic N) is 2. The van der Waals surface area contributed by atoms with E-state index in [2.05, 4.69) is 41.5 Å². The molecule has 0 saturated carbocycles. The number of nitriles is 1. The molecule has 0 saturated heterocycles. The minimum Gasteiger partial charge on any atom is -0.477 e. The molecule has 0 amide bonds. The maximum absolute atomic E-state index is 9.09. The summed E-state index contributed by atoms with van der Waals surface area (Å²) >= 11 is 0. The molecule has 22 heavy (non-hydrogen) atoms. The van der Waals surface area contributed by atoms with Gasteiger partial charge in [0.1, 0.15) is 17.5 Å². The Morgan fingerprint density at radius 2 is 2.05 bits per heavy atom. The molecule has 5 nitrogen and oxygen atoms in total. The summed E-state index contributed by atoms with van der Waals surface area (Å²) in [6.07, 6.45) is 0.881. The Labute approximate surface area is 130 Å². The second-order valence-corrected chi connectivity index (χ2v) is 4.98. The van der Waals surface area contributed by atoms with Gasteiger partial charge in [0, 0.05) is 12.6 Å². The SMILES string of the molecule is CCOc1nc(NCCc2ccc(C)cc2)cc(N)c1C#N. The molecule has 0 radical (unpaired) electrons. The fraction of sp³-hybridized carbons (Fsp3) is 0.294. The molecule has 0 spiro atoms. The van der Waals surface area contributed by atoms with Crippen LogP contribution in [0.5, 0.6) is 5.88 Å². The van der Waals surface area contributed by atoms with E-state index in [1.807, 2.05) is 13.0 Å². The third kappa shape index (κ3) is 3.89. The van der Waals surface area contributed by atoms with Gasteiger partial charge in [-0.3, -0.25) is 0 Å². The van der Waals surface area contributed by atoms with Crippen LogP contribution in [-0.4, -0.2) is 18.1 Å². The average Bonchev–Trinajstić information content (AvgIpc) is 2.49. The van der Waals surface area contributed by atoms with Crippen LogP contribution in [0.1, 0.15) is 23.6 Å². The first-order valence-electron chi connectivity index (χ1n) is 7.27. The van der Waals surface area contributed by atoms with Crippen molar-refractivity contribution in [2.75, 3.05) is 24.2 Å². The quantitative estimate of drug-likeness (QED) is 0.856. The lowest BCUT2D eigenvalue weighted by molar-refractivity contribution is 0.326. The van der Waals surface area contributed by atoms with Crippen LogP contribution in [0, 0.1) is 18.3 Å². The third-order valence-electron chi connectivity index (χ3n) is 3.25. The minimum atomic E-state index is 0.280. The van der Waals surface area contributed by atoms with E-state index in [0.717, 1.165) is 13.0 Å². The Bertz CT molecular complexity index is 674. The summed E-state index contributed by atoms with van der Waals surface area (Å²) in [5.74, 6) is 0.898. The predicted molar refractivity (Wildman–Crippen MR) is 87.9 cm³/mol. The normalized spacial score (nSPS) is 10.0. The van der Waals surface area contributed by atoms with E-state index in [1.54, 1.807) is 6.07 Å². The fourth-order valence-electron chi connectivity index (χ4n) is 2.07. The Kier molecular flexibility index (Phi) is 5.21. The maximum Gasteiger partial charge on any atom is 0.235 e. The number of hydrogen-bond acceptors (Lipinski definition) is 5. The van der Waals surface area contributed by atoms with Crippen molar-refractivity contribution in [3.8, 4) is 11.9 Å². The number of nitrogen functional groups attached to an aromatic ring is 1. The molecule has 0 aliphatic carbocycles. The summed E-state index contributed by atoms with van der Waals surface area (Å²) in [4.78, 5) is 4.30. The Morgan fingerprint density at radius 3 is 2.68 bits per heavy atom. The second-order valence-electron chi connectivity index (χ2n) is 4.98. The third-order valence-corrected chi connectivity index (χ3v) is 3.25. The van der Waals surface area contributed by atoms with Crippen molar-refractivity contribution >= 4 is 11.5 Å². The lowest BCUT2D eigenvalue weighted by Crippen LogP contribution is -2.09. The Balaban J connectivity index is 2.03. The van der Waals surface area contributed by atoms with Crippen LogP contribution in [0.4, 0.5) is 11.5 Å². The van der Waals surface area contributed by atoms with Crippen molar-refractivity contribution in [1.29, 1.82) is 5.26 Å². The van der Waals surface area contributed by atoms with Gasteiger partial charge in [-0.05, 0) is 25.8 Å². The zero-order valence-electron chi connectivity index (χ0n) is 12.9. The Morgan fingerprint density at radius 1 is 1.32 bits per heavy atom.